The van der Waals surface area contributed by atoms with E-state index in [2.05, 4.69) is 35.2 Å². The number of hydrogen-bond acceptors (Lipinski definition) is 7. The van der Waals surface area contributed by atoms with Gasteiger partial charge in [0.05, 0.1) is 44.4 Å². The van der Waals surface area contributed by atoms with Crippen LogP contribution in [-0.4, -0.2) is 97.2 Å². The Bertz CT molecular complexity index is 1160. The zero-order valence-corrected chi connectivity index (χ0v) is 26.5. The molecule has 0 N–H and O–H groups in total. The van der Waals surface area contributed by atoms with Gasteiger partial charge in [-0.15, -0.1) is 0 Å². The summed E-state index contributed by atoms with van der Waals surface area (Å²) in [5, 5.41) is 0. The number of benzene rings is 1. The zero-order valence-electron chi connectivity index (χ0n) is 26.5. The van der Waals surface area contributed by atoms with Crippen molar-refractivity contribution in [1.82, 2.24) is 9.80 Å². The largest absolute Gasteiger partial charge is 0.460 e. The Morgan fingerprint density at radius 3 is 2.58 bits per heavy atom. The molecule has 1 aromatic rings. The van der Waals surface area contributed by atoms with Crippen LogP contribution in [0.5, 0.6) is 0 Å². The van der Waals surface area contributed by atoms with Crippen LogP contribution in [0.1, 0.15) is 76.8 Å². The average molecular weight is 594 g/mol. The molecule has 3 heterocycles. The summed E-state index contributed by atoms with van der Waals surface area (Å²) in [4.78, 5) is 34.6. The minimum Gasteiger partial charge on any atom is -0.460 e. The highest BCUT2D eigenvalue weighted by atomic mass is 16.6. The number of aliphatic imine (C=N–C) groups is 1. The van der Waals surface area contributed by atoms with Crippen molar-refractivity contribution >= 4 is 17.6 Å². The summed E-state index contributed by atoms with van der Waals surface area (Å²) in [7, 11) is 0. The fourth-order valence-corrected chi connectivity index (χ4v) is 6.38. The van der Waals surface area contributed by atoms with Gasteiger partial charge in [-0.25, -0.2) is 0 Å². The molecule has 1 spiro atoms. The van der Waals surface area contributed by atoms with Crippen molar-refractivity contribution in [3.8, 4) is 0 Å². The number of likely N-dealkylation sites (tertiary alicyclic amines) is 1. The molecule has 1 atom stereocenters. The number of carbonyl (C=O) groups excluding carboxylic acids is 2. The molecule has 0 radical (unpaired) electrons. The van der Waals surface area contributed by atoms with Crippen LogP contribution in [0.3, 0.4) is 0 Å². The Morgan fingerprint density at radius 1 is 1.07 bits per heavy atom. The molecule has 0 aromatic heterocycles. The number of ether oxygens (including phenoxy) is 3. The van der Waals surface area contributed by atoms with Crippen LogP contribution in [0.4, 0.5) is 0 Å². The number of rotatable bonds is 12. The van der Waals surface area contributed by atoms with Crippen molar-refractivity contribution in [2.45, 2.75) is 95.8 Å². The number of morpholine rings is 1. The molecule has 1 aromatic carbocycles. The highest BCUT2D eigenvalue weighted by Crippen LogP contribution is 2.36. The van der Waals surface area contributed by atoms with Crippen molar-refractivity contribution in [3.05, 3.63) is 47.5 Å². The smallest absolute Gasteiger partial charge is 0.308 e. The third-order valence-corrected chi connectivity index (χ3v) is 8.94. The number of dihydropyridines is 1. The molecule has 3 fully saturated rings. The molecule has 1 aliphatic carbocycles. The lowest BCUT2D eigenvalue weighted by Crippen LogP contribution is -2.59. The molecule has 4 aliphatic rings. The second kappa shape index (κ2) is 14.5. The van der Waals surface area contributed by atoms with Crippen LogP contribution in [0.2, 0.25) is 0 Å². The van der Waals surface area contributed by atoms with E-state index in [4.69, 9.17) is 19.2 Å². The maximum atomic E-state index is 13.4. The maximum Gasteiger partial charge on any atom is 0.308 e. The second-order valence-corrected chi connectivity index (χ2v) is 13.9. The predicted octanol–water partition coefficient (Wildman–Crippen LogP) is 4.78. The highest BCUT2D eigenvalue weighted by Gasteiger charge is 2.41. The predicted molar refractivity (Wildman–Crippen MR) is 168 cm³/mol. The number of hydrogen-bond donors (Lipinski definition) is 0. The number of carbonyl (C=O) groups is 2. The fraction of sp³-hybridized carbons (Fsp3) is 0.686. The van der Waals surface area contributed by atoms with Crippen molar-refractivity contribution < 1.29 is 23.8 Å². The van der Waals surface area contributed by atoms with E-state index >= 15 is 0 Å². The molecule has 236 valence electrons. The molecule has 0 bridgehead atoms. The third-order valence-electron chi connectivity index (χ3n) is 8.94. The molecule has 1 unspecified atom stereocenters. The van der Waals surface area contributed by atoms with Gasteiger partial charge in [0.2, 0.25) is 0 Å². The van der Waals surface area contributed by atoms with Crippen molar-refractivity contribution in [2.75, 3.05) is 52.5 Å². The monoisotopic (exact) mass is 593 g/mol. The SMILES string of the molecule is CC(C)(C)OC(=O)CCOCCc1cccc(CCN2CCC3(CC2)CN(C(=O)C2=NC(CC4CC4)CC=C2)CCO3)c1. The highest BCUT2D eigenvalue weighted by molar-refractivity contribution is 6.43. The number of nitrogens with zero attached hydrogens (tertiary/aromatic N) is 3. The van der Waals surface area contributed by atoms with Crippen LogP contribution in [-0.2, 0) is 36.6 Å². The standard InChI is InChI=1S/C35H51N3O5/c1-34(2,3)43-32(39)14-22-41-21-13-28-7-4-6-27(24-28)12-17-37-18-15-35(16-19-37)26-38(20-23-42-35)33(40)31-9-5-8-30(36-31)25-29-10-11-29/h4-7,9,24,29-30H,8,10-23,25-26H2,1-3H3. The first-order valence-corrected chi connectivity index (χ1v) is 16.4. The molecule has 2 saturated heterocycles. The first-order valence-electron chi connectivity index (χ1n) is 16.4. The Labute approximate surface area is 257 Å². The van der Waals surface area contributed by atoms with Gasteiger partial charge in [0.25, 0.3) is 5.91 Å². The van der Waals surface area contributed by atoms with Gasteiger partial charge in [-0.1, -0.05) is 43.2 Å². The lowest BCUT2D eigenvalue weighted by molar-refractivity contribution is -0.156. The molecule has 8 nitrogen and oxygen atoms in total. The summed E-state index contributed by atoms with van der Waals surface area (Å²) < 4.78 is 17.4. The molecule has 5 rings (SSSR count). The lowest BCUT2D eigenvalue weighted by Gasteiger charge is -2.47. The summed E-state index contributed by atoms with van der Waals surface area (Å²) in [5.41, 5.74) is 2.53. The lowest BCUT2D eigenvalue weighted by atomic mass is 9.89. The third kappa shape index (κ3) is 9.98. The van der Waals surface area contributed by atoms with Gasteiger partial charge >= 0.3 is 5.97 Å². The fourth-order valence-electron chi connectivity index (χ4n) is 6.38. The zero-order chi connectivity index (χ0) is 30.3. The van der Waals surface area contributed by atoms with Crippen molar-refractivity contribution in [2.24, 2.45) is 10.9 Å². The van der Waals surface area contributed by atoms with Crippen LogP contribution >= 0.6 is 0 Å². The first-order chi connectivity index (χ1) is 20.7. The van der Waals surface area contributed by atoms with Gasteiger partial charge in [-0.05, 0) is 82.4 Å². The van der Waals surface area contributed by atoms with Crippen LogP contribution in [0.15, 0.2) is 41.4 Å². The molecule has 43 heavy (non-hydrogen) atoms. The van der Waals surface area contributed by atoms with Gasteiger partial charge in [0, 0.05) is 26.2 Å². The normalized spacial score (nSPS) is 22.4. The summed E-state index contributed by atoms with van der Waals surface area (Å²) in [6.07, 6.45) is 12.8. The number of piperidine rings is 1. The van der Waals surface area contributed by atoms with E-state index in [9.17, 15) is 9.59 Å². The Balaban J connectivity index is 1.02. The topological polar surface area (TPSA) is 80.7 Å². The summed E-state index contributed by atoms with van der Waals surface area (Å²) >= 11 is 0. The molecule has 1 saturated carbocycles. The van der Waals surface area contributed by atoms with Crippen molar-refractivity contribution in [3.63, 3.8) is 0 Å². The van der Waals surface area contributed by atoms with Gasteiger partial charge in [-0.3, -0.25) is 14.6 Å². The maximum absolute atomic E-state index is 13.4. The van der Waals surface area contributed by atoms with E-state index in [0.29, 0.717) is 38.6 Å². The average Bonchev–Trinajstić information content (AvgIpc) is 3.80. The van der Waals surface area contributed by atoms with E-state index in [1.165, 1.54) is 24.0 Å². The number of amides is 1. The Kier molecular flexibility index (Phi) is 10.7. The minimum atomic E-state index is -0.459. The Hall–Kier alpha value is -2.55. The first kappa shape index (κ1) is 31.9. The van der Waals surface area contributed by atoms with Gasteiger partial charge < -0.3 is 24.0 Å². The molecular weight excluding hydrogens is 542 g/mol. The van der Waals surface area contributed by atoms with Crippen LogP contribution in [0.25, 0.3) is 0 Å². The summed E-state index contributed by atoms with van der Waals surface area (Å²) in [5.74, 6) is 0.679. The van der Waals surface area contributed by atoms with Crippen LogP contribution in [0, 0.1) is 5.92 Å². The quantitative estimate of drug-likeness (QED) is 0.256. The van der Waals surface area contributed by atoms with E-state index in [-0.39, 0.29) is 29.9 Å². The minimum absolute atomic E-state index is 0.0789. The van der Waals surface area contributed by atoms with Gasteiger partial charge in [-0.2, -0.15) is 0 Å². The van der Waals surface area contributed by atoms with Gasteiger partial charge in [0.1, 0.15) is 11.3 Å². The van der Waals surface area contributed by atoms with E-state index < -0.39 is 5.60 Å². The van der Waals surface area contributed by atoms with E-state index in [1.807, 2.05) is 31.7 Å². The molecule has 8 heteroatoms. The summed E-state index contributed by atoms with van der Waals surface area (Å²) in [6, 6.07) is 9.01. The Morgan fingerprint density at radius 2 is 1.84 bits per heavy atom. The molecule has 1 amide bonds. The van der Waals surface area contributed by atoms with E-state index in [0.717, 1.165) is 64.1 Å². The molecular formula is C35H51N3O5. The molecule has 3 aliphatic heterocycles. The second-order valence-electron chi connectivity index (χ2n) is 13.9. The van der Waals surface area contributed by atoms with Crippen molar-refractivity contribution in [1.29, 1.82) is 0 Å². The van der Waals surface area contributed by atoms with E-state index in [1.54, 1.807) is 0 Å². The summed E-state index contributed by atoms with van der Waals surface area (Å²) in [6.45, 7) is 11.5. The van der Waals surface area contributed by atoms with Crippen LogP contribution < -0.4 is 0 Å². The number of esters is 1. The van der Waals surface area contributed by atoms with Gasteiger partial charge in [0.15, 0.2) is 0 Å².